The van der Waals surface area contributed by atoms with Crippen LogP contribution in [-0.4, -0.2) is 0 Å². The number of benzene rings is 11. The van der Waals surface area contributed by atoms with Crippen molar-refractivity contribution in [3.05, 3.63) is 249 Å². The summed E-state index contributed by atoms with van der Waals surface area (Å²) in [5.74, 6) is 1.77. The molecule has 0 fully saturated rings. The van der Waals surface area contributed by atoms with Crippen LogP contribution in [0.15, 0.2) is 249 Å². The summed E-state index contributed by atoms with van der Waals surface area (Å²) in [5.41, 5.74) is 17.3. The van der Waals surface area contributed by atoms with Gasteiger partial charge in [0.15, 0.2) is 0 Å². The van der Waals surface area contributed by atoms with E-state index in [1.54, 1.807) is 0 Å². The molecule has 300 valence electrons. The highest BCUT2D eigenvalue weighted by atomic mass is 16.5. The lowest BCUT2D eigenvalue weighted by Gasteiger charge is -2.30. The average molecular weight is 816 g/mol. The van der Waals surface area contributed by atoms with Crippen LogP contribution in [0.1, 0.15) is 0 Å². The Morgan fingerprint density at radius 3 is 1.44 bits per heavy atom. The molecule has 0 atom stereocenters. The lowest BCUT2D eigenvalue weighted by atomic mass is 9.91. The largest absolute Gasteiger partial charge is 0.456 e. The topological polar surface area (TPSA) is 12.5 Å². The van der Waals surface area contributed by atoms with Crippen LogP contribution in [-0.2, 0) is 0 Å². The molecule has 1 aliphatic rings. The summed E-state index contributed by atoms with van der Waals surface area (Å²) in [4.78, 5) is 2.43. The van der Waals surface area contributed by atoms with Crippen molar-refractivity contribution in [2.75, 3.05) is 4.90 Å². The van der Waals surface area contributed by atoms with E-state index in [-0.39, 0.29) is 0 Å². The maximum Gasteiger partial charge on any atom is 0.135 e. The van der Waals surface area contributed by atoms with Gasteiger partial charge in [-0.05, 0) is 109 Å². The fourth-order valence-corrected chi connectivity index (χ4v) is 9.56. The second-order valence-corrected chi connectivity index (χ2v) is 16.4. The molecule has 12 rings (SSSR count). The first-order valence-electron chi connectivity index (χ1n) is 21.9. The third-order valence-electron chi connectivity index (χ3n) is 12.7. The molecule has 0 N–H and O–H groups in total. The molecular weight excluding hydrogens is 775 g/mol. The number of anilines is 3. The van der Waals surface area contributed by atoms with Gasteiger partial charge in [0.05, 0.1) is 11.4 Å². The first kappa shape index (κ1) is 37.3. The minimum Gasteiger partial charge on any atom is -0.456 e. The predicted molar refractivity (Wildman–Crippen MR) is 269 cm³/mol. The van der Waals surface area contributed by atoms with Crippen LogP contribution in [0.2, 0.25) is 0 Å². The molecule has 0 unspecified atom stereocenters. The smallest absolute Gasteiger partial charge is 0.135 e. The molecule has 0 aliphatic carbocycles. The van der Waals surface area contributed by atoms with Gasteiger partial charge in [-0.25, -0.2) is 0 Å². The van der Waals surface area contributed by atoms with Gasteiger partial charge < -0.3 is 9.64 Å². The SMILES string of the molecule is c1ccc(-c2ccc(-c3ccccc3N(c3ccc(-c4ccc(-c5cccc6ccccc56)cc4)cc3)c3ccccc3-c3ccc4c(c3)-c3cccc5cccc(c35)O4)cc2)cc1. The third kappa shape index (κ3) is 6.61. The zero-order chi connectivity index (χ0) is 42.4. The van der Waals surface area contributed by atoms with E-state index in [0.717, 1.165) is 67.3 Å². The zero-order valence-corrected chi connectivity index (χ0v) is 35.0. The highest BCUT2D eigenvalue weighted by molar-refractivity contribution is 6.05. The molecular formula is C62H41NO. The normalized spacial score (nSPS) is 11.6. The number of fused-ring (bicyclic) bond motifs is 3. The standard InChI is InChI=1S/C62H41NO/c1-2-13-42(14-3-1)43-29-33-48(34-30-43)54-20-6-8-24-58(54)63(51-38-35-45(36-39-51)44-27-31-47(32-28-44)53-22-10-16-46-15-4-5-19-52(46)53)59-25-9-7-21-55(59)50-37-40-60-57(41-50)56-23-11-17-49-18-12-26-61(64-60)62(49)56/h1-41H. The Kier molecular flexibility index (Phi) is 9.20. The van der Waals surface area contributed by atoms with Gasteiger partial charge in [0.1, 0.15) is 11.5 Å². The minimum absolute atomic E-state index is 0.870. The van der Waals surface area contributed by atoms with Crippen LogP contribution in [0.3, 0.4) is 0 Å². The zero-order valence-electron chi connectivity index (χ0n) is 35.0. The highest BCUT2D eigenvalue weighted by Gasteiger charge is 2.24. The summed E-state index contributed by atoms with van der Waals surface area (Å²) in [6, 6.07) is 89.7. The highest BCUT2D eigenvalue weighted by Crippen LogP contribution is 2.50. The first-order chi connectivity index (χ1) is 31.7. The molecule has 0 bridgehead atoms. The van der Waals surface area contributed by atoms with Crippen LogP contribution in [0.5, 0.6) is 11.5 Å². The summed E-state index contributed by atoms with van der Waals surface area (Å²) >= 11 is 0. The van der Waals surface area contributed by atoms with Crippen molar-refractivity contribution in [2.24, 2.45) is 0 Å². The summed E-state index contributed by atoms with van der Waals surface area (Å²) in [6.45, 7) is 0. The van der Waals surface area contributed by atoms with Crippen LogP contribution in [0, 0.1) is 0 Å². The maximum absolute atomic E-state index is 6.54. The van der Waals surface area contributed by atoms with Gasteiger partial charge >= 0.3 is 0 Å². The quantitative estimate of drug-likeness (QED) is 0.151. The fraction of sp³-hybridized carbons (Fsp3) is 0. The molecule has 64 heavy (non-hydrogen) atoms. The number of hydrogen-bond donors (Lipinski definition) is 0. The minimum atomic E-state index is 0.870. The number of para-hydroxylation sites is 2. The van der Waals surface area contributed by atoms with Crippen LogP contribution < -0.4 is 9.64 Å². The molecule has 0 radical (unpaired) electrons. The van der Waals surface area contributed by atoms with E-state index in [0.29, 0.717) is 0 Å². The van der Waals surface area contributed by atoms with Crippen molar-refractivity contribution in [3.63, 3.8) is 0 Å². The van der Waals surface area contributed by atoms with Crippen molar-refractivity contribution in [1.29, 1.82) is 0 Å². The summed E-state index contributed by atoms with van der Waals surface area (Å²) in [6.07, 6.45) is 0. The molecule has 2 nitrogen and oxygen atoms in total. The van der Waals surface area contributed by atoms with E-state index >= 15 is 0 Å². The molecule has 0 aromatic heterocycles. The monoisotopic (exact) mass is 815 g/mol. The Hall–Kier alpha value is -8.46. The Balaban J connectivity index is 0.972. The molecule has 1 aliphatic heterocycles. The molecule has 0 spiro atoms. The van der Waals surface area contributed by atoms with Crippen LogP contribution in [0.25, 0.3) is 88.3 Å². The van der Waals surface area contributed by atoms with Crippen molar-refractivity contribution >= 4 is 38.6 Å². The molecule has 0 amide bonds. The van der Waals surface area contributed by atoms with E-state index < -0.39 is 0 Å². The van der Waals surface area contributed by atoms with Crippen molar-refractivity contribution in [2.45, 2.75) is 0 Å². The third-order valence-corrected chi connectivity index (χ3v) is 12.7. The van der Waals surface area contributed by atoms with Gasteiger partial charge in [-0.1, -0.05) is 206 Å². The van der Waals surface area contributed by atoms with E-state index in [2.05, 4.69) is 254 Å². The Labute approximate surface area is 373 Å². The Morgan fingerprint density at radius 2 is 0.734 bits per heavy atom. The number of rotatable bonds is 8. The lowest BCUT2D eigenvalue weighted by Crippen LogP contribution is -2.12. The first-order valence-corrected chi connectivity index (χ1v) is 21.9. The summed E-state index contributed by atoms with van der Waals surface area (Å²) in [5, 5.41) is 4.84. The Bertz CT molecular complexity index is 3490. The fourth-order valence-electron chi connectivity index (χ4n) is 9.56. The van der Waals surface area contributed by atoms with Gasteiger partial charge in [-0.15, -0.1) is 0 Å². The van der Waals surface area contributed by atoms with Crippen molar-refractivity contribution in [1.82, 2.24) is 0 Å². The summed E-state index contributed by atoms with van der Waals surface area (Å²) in [7, 11) is 0. The van der Waals surface area contributed by atoms with Gasteiger partial charge in [0.25, 0.3) is 0 Å². The molecule has 1 heterocycles. The van der Waals surface area contributed by atoms with Crippen LogP contribution >= 0.6 is 0 Å². The predicted octanol–water partition coefficient (Wildman–Crippen LogP) is 17.6. The second kappa shape index (κ2) is 15.8. The molecule has 0 saturated carbocycles. The molecule has 0 saturated heterocycles. The van der Waals surface area contributed by atoms with Gasteiger partial charge in [-0.3, -0.25) is 0 Å². The molecule has 11 aromatic carbocycles. The van der Waals surface area contributed by atoms with Gasteiger partial charge in [-0.2, -0.15) is 0 Å². The van der Waals surface area contributed by atoms with E-state index in [9.17, 15) is 0 Å². The number of hydrogen-bond acceptors (Lipinski definition) is 2. The van der Waals surface area contributed by atoms with Gasteiger partial charge in [0, 0.05) is 27.8 Å². The van der Waals surface area contributed by atoms with Gasteiger partial charge in [0.2, 0.25) is 0 Å². The Morgan fingerprint density at radius 1 is 0.266 bits per heavy atom. The van der Waals surface area contributed by atoms with Crippen molar-refractivity contribution in [3.8, 4) is 78.3 Å². The van der Waals surface area contributed by atoms with E-state index in [1.165, 1.54) is 49.5 Å². The number of nitrogens with zero attached hydrogens (tertiary/aromatic N) is 1. The maximum atomic E-state index is 6.54. The lowest BCUT2D eigenvalue weighted by molar-refractivity contribution is 0.487. The average Bonchev–Trinajstić information content (AvgIpc) is 3.37. The summed E-state index contributed by atoms with van der Waals surface area (Å²) < 4.78 is 6.54. The second-order valence-electron chi connectivity index (χ2n) is 16.4. The van der Waals surface area contributed by atoms with E-state index in [4.69, 9.17) is 4.74 Å². The number of ether oxygens (including phenoxy) is 1. The van der Waals surface area contributed by atoms with E-state index in [1.807, 2.05) is 0 Å². The molecule has 11 aromatic rings. The van der Waals surface area contributed by atoms with Crippen LogP contribution in [0.4, 0.5) is 17.1 Å². The molecule has 2 heteroatoms. The van der Waals surface area contributed by atoms with Crippen molar-refractivity contribution < 1.29 is 4.74 Å².